The van der Waals surface area contributed by atoms with Crippen molar-refractivity contribution < 1.29 is 22.3 Å². The second kappa shape index (κ2) is 6.54. The third kappa shape index (κ3) is 4.07. The normalized spacial score (nSPS) is 21.3. The molecule has 2 fully saturated rings. The topological polar surface area (TPSA) is 84.5 Å². The molecular weight excluding hydrogens is 323 g/mol. The van der Waals surface area contributed by atoms with E-state index in [4.69, 9.17) is 4.74 Å². The van der Waals surface area contributed by atoms with Crippen molar-refractivity contribution >= 4 is 15.9 Å². The van der Waals surface area contributed by atoms with E-state index in [9.17, 15) is 17.6 Å². The minimum Gasteiger partial charge on any atom is -0.376 e. The molecule has 2 aliphatic rings. The molecule has 126 valence electrons. The molecule has 0 spiro atoms. The number of hydrogen-bond donors (Lipinski definition) is 2. The van der Waals surface area contributed by atoms with Crippen LogP contribution in [0.4, 0.5) is 4.39 Å². The molecule has 0 aromatic heterocycles. The lowest BCUT2D eigenvalue weighted by molar-refractivity contribution is 0.0857. The molecular formula is C15H19FN2O4S. The molecule has 23 heavy (non-hydrogen) atoms. The molecule has 1 aromatic carbocycles. The summed E-state index contributed by atoms with van der Waals surface area (Å²) in [5.74, 6) is -1.31. The summed E-state index contributed by atoms with van der Waals surface area (Å²) in [5, 5.41) is 2.69. The lowest BCUT2D eigenvalue weighted by atomic mass is 10.2. The molecule has 0 unspecified atom stereocenters. The second-order valence-electron chi connectivity index (χ2n) is 5.89. The number of carbonyl (C=O) groups excluding carboxylic acids is 1. The van der Waals surface area contributed by atoms with Crippen LogP contribution in [-0.4, -0.2) is 39.6 Å². The Kier molecular flexibility index (Phi) is 4.65. The third-order valence-corrected chi connectivity index (χ3v) is 5.43. The number of amides is 1. The Balaban J connectivity index is 1.72. The molecule has 1 heterocycles. The van der Waals surface area contributed by atoms with E-state index in [2.05, 4.69) is 10.0 Å². The summed E-state index contributed by atoms with van der Waals surface area (Å²) in [7, 11) is -3.94. The first kappa shape index (κ1) is 16.4. The van der Waals surface area contributed by atoms with Crippen molar-refractivity contribution in [2.75, 3.05) is 13.2 Å². The maximum atomic E-state index is 13.9. The van der Waals surface area contributed by atoms with Gasteiger partial charge in [0.25, 0.3) is 5.91 Å². The van der Waals surface area contributed by atoms with Gasteiger partial charge in [0.05, 0.1) is 6.10 Å². The Hall–Kier alpha value is -1.51. The van der Waals surface area contributed by atoms with Crippen molar-refractivity contribution in [2.24, 2.45) is 0 Å². The molecule has 2 N–H and O–H groups in total. The van der Waals surface area contributed by atoms with Crippen molar-refractivity contribution in [1.82, 2.24) is 10.0 Å². The van der Waals surface area contributed by atoms with Crippen molar-refractivity contribution in [2.45, 2.75) is 42.7 Å². The first-order chi connectivity index (χ1) is 11.0. The average Bonchev–Trinajstić information content (AvgIpc) is 3.15. The van der Waals surface area contributed by atoms with E-state index >= 15 is 0 Å². The summed E-state index contributed by atoms with van der Waals surface area (Å²) >= 11 is 0. The van der Waals surface area contributed by atoms with Crippen LogP contribution in [0, 0.1) is 5.82 Å². The van der Waals surface area contributed by atoms with E-state index in [-0.39, 0.29) is 17.7 Å². The number of nitrogens with one attached hydrogen (secondary N) is 2. The number of carbonyl (C=O) groups is 1. The van der Waals surface area contributed by atoms with Gasteiger partial charge in [0.15, 0.2) is 0 Å². The van der Waals surface area contributed by atoms with E-state index in [1.54, 1.807) is 0 Å². The zero-order chi connectivity index (χ0) is 16.4. The van der Waals surface area contributed by atoms with Gasteiger partial charge in [-0.2, -0.15) is 0 Å². The standard InChI is InChI=1S/C15H19FN2O4S/c16-13-6-3-10(15(19)17-9-12-2-1-7-22-12)8-14(13)23(20,21)18-11-4-5-11/h3,6,8,11-12,18H,1-2,4-5,7,9H2,(H,17,19)/t12-/m0/s1. The lowest BCUT2D eigenvalue weighted by Gasteiger charge is -2.12. The Morgan fingerprint density at radius 2 is 2.09 bits per heavy atom. The molecule has 1 aliphatic carbocycles. The minimum absolute atomic E-state index is 0.0147. The fraction of sp³-hybridized carbons (Fsp3) is 0.533. The summed E-state index contributed by atoms with van der Waals surface area (Å²) in [5.41, 5.74) is 0.112. The highest BCUT2D eigenvalue weighted by molar-refractivity contribution is 7.89. The second-order valence-corrected chi connectivity index (χ2v) is 7.57. The van der Waals surface area contributed by atoms with Gasteiger partial charge in [-0.3, -0.25) is 4.79 Å². The highest BCUT2D eigenvalue weighted by atomic mass is 32.2. The maximum absolute atomic E-state index is 13.9. The number of sulfonamides is 1. The van der Waals surface area contributed by atoms with Gasteiger partial charge in [-0.25, -0.2) is 17.5 Å². The average molecular weight is 342 g/mol. The number of rotatable bonds is 6. The van der Waals surface area contributed by atoms with Crippen LogP contribution >= 0.6 is 0 Å². The van der Waals surface area contributed by atoms with Crippen LogP contribution in [-0.2, 0) is 14.8 Å². The highest BCUT2D eigenvalue weighted by Gasteiger charge is 2.30. The Morgan fingerprint density at radius 3 is 2.74 bits per heavy atom. The summed E-state index contributed by atoms with van der Waals surface area (Å²) in [6, 6.07) is 3.22. The van der Waals surface area contributed by atoms with Crippen molar-refractivity contribution in [1.29, 1.82) is 0 Å². The fourth-order valence-corrected chi connectivity index (χ4v) is 3.86. The van der Waals surface area contributed by atoms with Gasteiger partial charge in [0.2, 0.25) is 10.0 Å². The summed E-state index contributed by atoms with van der Waals surface area (Å²) < 4.78 is 46.0. The zero-order valence-electron chi connectivity index (χ0n) is 12.5. The molecule has 1 saturated heterocycles. The zero-order valence-corrected chi connectivity index (χ0v) is 13.4. The van der Waals surface area contributed by atoms with Gasteiger partial charge in [-0.1, -0.05) is 0 Å². The molecule has 1 aromatic rings. The van der Waals surface area contributed by atoms with Crippen molar-refractivity contribution in [3.05, 3.63) is 29.6 Å². The molecule has 6 nitrogen and oxygen atoms in total. The Morgan fingerprint density at radius 1 is 1.30 bits per heavy atom. The van der Waals surface area contributed by atoms with Crippen LogP contribution in [0.3, 0.4) is 0 Å². The molecule has 0 radical (unpaired) electrons. The van der Waals surface area contributed by atoms with E-state index in [0.717, 1.165) is 37.8 Å². The molecule has 8 heteroatoms. The van der Waals surface area contributed by atoms with Crippen molar-refractivity contribution in [3.8, 4) is 0 Å². The van der Waals surface area contributed by atoms with Crippen LogP contribution in [0.25, 0.3) is 0 Å². The van der Waals surface area contributed by atoms with E-state index < -0.39 is 26.6 Å². The smallest absolute Gasteiger partial charge is 0.251 e. The van der Waals surface area contributed by atoms with Crippen LogP contribution in [0.2, 0.25) is 0 Å². The third-order valence-electron chi connectivity index (χ3n) is 3.90. The predicted molar refractivity (Wildman–Crippen MR) is 81.1 cm³/mol. The largest absolute Gasteiger partial charge is 0.376 e. The summed E-state index contributed by atoms with van der Waals surface area (Å²) in [6.07, 6.45) is 3.34. The quantitative estimate of drug-likeness (QED) is 0.813. The van der Waals surface area contributed by atoms with E-state index in [1.165, 1.54) is 6.07 Å². The Bertz CT molecular complexity index is 697. The van der Waals surface area contributed by atoms with Crippen LogP contribution in [0.15, 0.2) is 23.1 Å². The van der Waals surface area contributed by atoms with E-state index in [0.29, 0.717) is 13.2 Å². The first-order valence-corrected chi connectivity index (χ1v) is 9.16. The SMILES string of the molecule is O=C(NC[C@@H]1CCCO1)c1ccc(F)c(S(=O)(=O)NC2CC2)c1. The number of benzene rings is 1. The molecule has 3 rings (SSSR count). The van der Waals surface area contributed by atoms with Crippen LogP contribution in [0.1, 0.15) is 36.0 Å². The fourth-order valence-electron chi connectivity index (χ4n) is 2.45. The minimum atomic E-state index is -3.94. The van der Waals surface area contributed by atoms with E-state index in [1.807, 2.05) is 0 Å². The van der Waals surface area contributed by atoms with Crippen molar-refractivity contribution in [3.63, 3.8) is 0 Å². The van der Waals surface area contributed by atoms with Gasteiger partial charge >= 0.3 is 0 Å². The summed E-state index contributed by atoms with van der Waals surface area (Å²) in [4.78, 5) is 11.6. The number of halogens is 1. The maximum Gasteiger partial charge on any atom is 0.251 e. The molecule has 1 atom stereocenters. The predicted octanol–water partition coefficient (Wildman–Crippen LogP) is 1.18. The molecule has 1 amide bonds. The molecule has 1 aliphatic heterocycles. The molecule has 1 saturated carbocycles. The van der Waals surface area contributed by atoms with Crippen LogP contribution in [0.5, 0.6) is 0 Å². The van der Waals surface area contributed by atoms with Gasteiger partial charge in [0, 0.05) is 24.8 Å². The van der Waals surface area contributed by atoms with Gasteiger partial charge < -0.3 is 10.1 Å². The van der Waals surface area contributed by atoms with Gasteiger partial charge in [0.1, 0.15) is 10.7 Å². The highest BCUT2D eigenvalue weighted by Crippen LogP contribution is 2.24. The monoisotopic (exact) mass is 342 g/mol. The van der Waals surface area contributed by atoms with Crippen LogP contribution < -0.4 is 10.0 Å². The summed E-state index contributed by atoms with van der Waals surface area (Å²) in [6.45, 7) is 1.05. The number of hydrogen-bond acceptors (Lipinski definition) is 4. The molecule has 0 bridgehead atoms. The Labute approximate surface area is 134 Å². The first-order valence-electron chi connectivity index (χ1n) is 7.67. The lowest BCUT2D eigenvalue weighted by Crippen LogP contribution is -2.32. The number of ether oxygens (including phenoxy) is 1. The van der Waals surface area contributed by atoms with Gasteiger partial charge in [-0.05, 0) is 43.9 Å². The van der Waals surface area contributed by atoms with Gasteiger partial charge in [-0.15, -0.1) is 0 Å².